The van der Waals surface area contributed by atoms with Crippen LogP contribution < -0.4 is 10.3 Å². The third kappa shape index (κ3) is 4.93. The predicted molar refractivity (Wildman–Crippen MR) is 143 cm³/mol. The quantitative estimate of drug-likeness (QED) is 0.339. The van der Waals surface area contributed by atoms with Crippen LogP contribution in [-0.4, -0.2) is 22.3 Å². The Morgan fingerprint density at radius 3 is 2.46 bits per heavy atom. The Hall–Kier alpha value is -3.08. The maximum atomic E-state index is 14.0. The van der Waals surface area contributed by atoms with E-state index in [2.05, 4.69) is 13.5 Å². The van der Waals surface area contributed by atoms with Gasteiger partial charge in [0, 0.05) is 17.5 Å². The van der Waals surface area contributed by atoms with E-state index in [1.807, 2.05) is 30.3 Å². The first-order valence-electron chi connectivity index (χ1n) is 12.5. The van der Waals surface area contributed by atoms with Gasteiger partial charge >= 0.3 is 5.63 Å². The molecule has 2 heterocycles. The van der Waals surface area contributed by atoms with Gasteiger partial charge in [-0.2, -0.15) is 8.75 Å². The molecule has 0 bridgehead atoms. The minimum absolute atomic E-state index is 0.00859. The molecule has 2 aromatic heterocycles. The van der Waals surface area contributed by atoms with Crippen LogP contribution in [0.4, 0.5) is 0 Å². The van der Waals surface area contributed by atoms with Gasteiger partial charge in [0.2, 0.25) is 10.0 Å². The van der Waals surface area contributed by atoms with Crippen LogP contribution in [0, 0.1) is 5.92 Å². The van der Waals surface area contributed by atoms with Gasteiger partial charge in [0.05, 0.1) is 23.3 Å². The molecule has 8 nitrogen and oxygen atoms in total. The lowest BCUT2D eigenvalue weighted by Crippen LogP contribution is -2.35. The van der Waals surface area contributed by atoms with Crippen LogP contribution >= 0.6 is 11.7 Å². The van der Waals surface area contributed by atoms with Crippen molar-refractivity contribution in [3.05, 3.63) is 69.8 Å². The van der Waals surface area contributed by atoms with Gasteiger partial charge in [-0.25, -0.2) is 17.9 Å². The summed E-state index contributed by atoms with van der Waals surface area (Å²) in [4.78, 5) is 13.1. The Morgan fingerprint density at radius 1 is 1.00 bits per heavy atom. The standard InChI is InChI=1S/C27H29N3O5S2/c1-16(2)23(22-25(31)19-12-8-3-4-9-13-21(19)35-27(22)32)30-37(33,34)26-18(17-10-6-5-7-11-17)14-15-20-24(26)29-36-28-20/h5-7,10-11,14-16,23,30-31H,3-4,8-9,12-13H2,1-2H3. The number of hydrogen-bond donors (Lipinski definition) is 2. The number of aromatic hydroxyl groups is 1. The van der Waals surface area contributed by atoms with Crippen molar-refractivity contribution in [2.24, 2.45) is 5.92 Å². The molecule has 194 valence electrons. The topological polar surface area (TPSA) is 122 Å². The molecule has 1 aliphatic carbocycles. The Morgan fingerprint density at radius 2 is 1.73 bits per heavy atom. The number of aromatic nitrogens is 2. The molecule has 0 amide bonds. The zero-order valence-electron chi connectivity index (χ0n) is 20.7. The molecule has 1 aliphatic rings. The molecule has 0 spiro atoms. The van der Waals surface area contributed by atoms with Gasteiger partial charge in [-0.3, -0.25) is 0 Å². The van der Waals surface area contributed by atoms with Crippen molar-refractivity contribution in [2.75, 3.05) is 0 Å². The molecule has 0 radical (unpaired) electrons. The summed E-state index contributed by atoms with van der Waals surface area (Å²) < 4.78 is 45.0. The van der Waals surface area contributed by atoms with E-state index in [1.165, 1.54) is 0 Å². The number of benzene rings is 2. The first kappa shape index (κ1) is 25.6. The lowest BCUT2D eigenvalue weighted by molar-refractivity contribution is 0.361. The number of rotatable bonds is 6. The van der Waals surface area contributed by atoms with E-state index in [1.54, 1.807) is 26.0 Å². The number of nitrogens with zero attached hydrogens (tertiary/aromatic N) is 2. The summed E-state index contributed by atoms with van der Waals surface area (Å²) in [7, 11) is -4.23. The predicted octanol–water partition coefficient (Wildman–Crippen LogP) is 5.35. The van der Waals surface area contributed by atoms with E-state index in [0.29, 0.717) is 40.8 Å². The van der Waals surface area contributed by atoms with Crippen LogP contribution in [0.25, 0.3) is 22.2 Å². The van der Waals surface area contributed by atoms with E-state index in [-0.39, 0.29) is 27.6 Å². The lowest BCUT2D eigenvalue weighted by Gasteiger charge is -2.25. The normalized spacial score (nSPS) is 15.3. The average molecular weight is 540 g/mol. The number of hydrogen-bond acceptors (Lipinski definition) is 8. The molecule has 1 atom stereocenters. The van der Waals surface area contributed by atoms with Crippen LogP contribution in [0.5, 0.6) is 5.75 Å². The summed E-state index contributed by atoms with van der Waals surface area (Å²) in [5.74, 6) is -0.0181. The van der Waals surface area contributed by atoms with Crippen LogP contribution in [-0.2, 0) is 22.9 Å². The van der Waals surface area contributed by atoms with E-state index in [9.17, 15) is 18.3 Å². The summed E-state index contributed by atoms with van der Waals surface area (Å²) in [5, 5.41) is 11.3. The van der Waals surface area contributed by atoms with Gasteiger partial charge in [0.25, 0.3) is 0 Å². The first-order chi connectivity index (χ1) is 17.8. The van der Waals surface area contributed by atoms with E-state index in [4.69, 9.17) is 4.42 Å². The molecular formula is C27H29N3O5S2. The van der Waals surface area contributed by atoms with Gasteiger partial charge < -0.3 is 9.52 Å². The number of fused-ring (bicyclic) bond motifs is 2. The van der Waals surface area contributed by atoms with Gasteiger partial charge in [-0.1, -0.05) is 63.1 Å². The maximum Gasteiger partial charge on any atom is 0.344 e. The van der Waals surface area contributed by atoms with E-state index < -0.39 is 21.7 Å². The molecule has 1 unspecified atom stereocenters. The molecule has 0 fully saturated rings. The van der Waals surface area contributed by atoms with E-state index >= 15 is 0 Å². The van der Waals surface area contributed by atoms with Crippen molar-refractivity contribution in [1.82, 2.24) is 13.5 Å². The van der Waals surface area contributed by atoms with E-state index in [0.717, 1.165) is 37.4 Å². The Labute approximate surface area is 219 Å². The summed E-state index contributed by atoms with van der Waals surface area (Å²) in [6, 6.07) is 11.6. The molecular weight excluding hydrogens is 510 g/mol. The highest BCUT2D eigenvalue weighted by Crippen LogP contribution is 2.37. The van der Waals surface area contributed by atoms with Crippen molar-refractivity contribution in [3.8, 4) is 16.9 Å². The molecule has 4 aromatic rings. The fraction of sp³-hybridized carbons (Fsp3) is 0.370. The SMILES string of the molecule is CC(C)C(NS(=O)(=O)c1c(-c2ccccc2)ccc2nsnc12)c1c(O)c2c(oc1=O)CCCCCC2. The summed E-state index contributed by atoms with van der Waals surface area (Å²) >= 11 is 0.935. The third-order valence-electron chi connectivity index (χ3n) is 6.89. The zero-order valence-corrected chi connectivity index (χ0v) is 22.4. The summed E-state index contributed by atoms with van der Waals surface area (Å²) in [6.45, 7) is 3.59. The van der Waals surface area contributed by atoms with Gasteiger partial charge in [-0.05, 0) is 36.8 Å². The second-order valence-corrected chi connectivity index (χ2v) is 11.9. The molecule has 2 aromatic carbocycles. The van der Waals surface area contributed by atoms with Gasteiger partial charge in [0.1, 0.15) is 27.4 Å². The monoisotopic (exact) mass is 539 g/mol. The Kier molecular flexibility index (Phi) is 7.15. The minimum atomic E-state index is -4.23. The van der Waals surface area contributed by atoms with Crippen LogP contribution in [0.2, 0.25) is 0 Å². The lowest BCUT2D eigenvalue weighted by atomic mass is 9.92. The minimum Gasteiger partial charge on any atom is -0.507 e. The van der Waals surface area contributed by atoms with Crippen molar-refractivity contribution >= 4 is 32.8 Å². The Balaban J connectivity index is 1.64. The molecule has 0 saturated heterocycles. The highest BCUT2D eigenvalue weighted by molar-refractivity contribution is 7.89. The molecule has 0 saturated carbocycles. The fourth-order valence-electron chi connectivity index (χ4n) is 4.99. The second-order valence-electron chi connectivity index (χ2n) is 9.75. The number of sulfonamides is 1. The smallest absolute Gasteiger partial charge is 0.344 e. The highest BCUT2D eigenvalue weighted by atomic mass is 32.2. The van der Waals surface area contributed by atoms with Crippen molar-refractivity contribution in [2.45, 2.75) is 63.3 Å². The summed E-state index contributed by atoms with van der Waals surface area (Å²) in [6.07, 6.45) is 4.98. The Bertz CT molecular complexity index is 1590. The van der Waals surface area contributed by atoms with Crippen LogP contribution in [0.3, 0.4) is 0 Å². The largest absolute Gasteiger partial charge is 0.507 e. The number of nitrogens with one attached hydrogen (secondary N) is 1. The van der Waals surface area contributed by atoms with Crippen molar-refractivity contribution in [1.29, 1.82) is 0 Å². The van der Waals surface area contributed by atoms with Crippen LogP contribution in [0.15, 0.2) is 56.6 Å². The first-order valence-corrected chi connectivity index (χ1v) is 14.7. The molecule has 37 heavy (non-hydrogen) atoms. The number of aryl methyl sites for hydroxylation is 1. The molecule has 5 rings (SSSR count). The third-order valence-corrected chi connectivity index (χ3v) is 8.95. The summed E-state index contributed by atoms with van der Waals surface area (Å²) in [5.41, 5.74) is 1.76. The molecule has 0 aliphatic heterocycles. The van der Waals surface area contributed by atoms with Crippen LogP contribution in [0.1, 0.15) is 62.5 Å². The highest BCUT2D eigenvalue weighted by Gasteiger charge is 2.34. The van der Waals surface area contributed by atoms with Gasteiger partial charge in [0.15, 0.2) is 0 Å². The zero-order chi connectivity index (χ0) is 26.2. The fourth-order valence-corrected chi connectivity index (χ4v) is 7.32. The van der Waals surface area contributed by atoms with Gasteiger partial charge in [-0.15, -0.1) is 0 Å². The van der Waals surface area contributed by atoms with Crippen molar-refractivity contribution in [3.63, 3.8) is 0 Å². The second kappa shape index (κ2) is 10.4. The molecule has 10 heteroatoms. The van der Waals surface area contributed by atoms with Crippen molar-refractivity contribution < 1.29 is 17.9 Å². The molecule has 2 N–H and O–H groups in total. The average Bonchev–Trinajstić information content (AvgIpc) is 3.33. The maximum absolute atomic E-state index is 14.0.